The van der Waals surface area contributed by atoms with Gasteiger partial charge in [0.1, 0.15) is 0 Å². The summed E-state index contributed by atoms with van der Waals surface area (Å²) in [6.45, 7) is 5.37. The Morgan fingerprint density at radius 1 is 1.14 bits per heavy atom. The van der Waals surface area contributed by atoms with Gasteiger partial charge in [-0.3, -0.25) is 4.90 Å². The minimum Gasteiger partial charge on any atom is -0.313 e. The molecule has 0 atom stereocenters. The standard InChI is InChI=1S/C16H21F3N2/c1-2-20-11-13-3-5-14(6-4-13)12-21-9-7-15(8-10-21)16(17,18)19/h3-7,20H,2,8-12H2,1H3. The van der Waals surface area contributed by atoms with Crippen molar-refractivity contribution in [1.29, 1.82) is 0 Å². The minimum atomic E-state index is -4.17. The molecule has 0 bridgehead atoms. The molecule has 1 aromatic carbocycles. The summed E-state index contributed by atoms with van der Waals surface area (Å²) in [5.74, 6) is 0. The van der Waals surface area contributed by atoms with Crippen LogP contribution in [0.5, 0.6) is 0 Å². The molecule has 116 valence electrons. The van der Waals surface area contributed by atoms with E-state index in [4.69, 9.17) is 0 Å². The van der Waals surface area contributed by atoms with Crippen LogP contribution in [0.3, 0.4) is 0 Å². The lowest BCUT2D eigenvalue weighted by Crippen LogP contribution is -2.31. The molecular formula is C16H21F3N2. The van der Waals surface area contributed by atoms with Gasteiger partial charge in [-0.15, -0.1) is 0 Å². The summed E-state index contributed by atoms with van der Waals surface area (Å²) in [4.78, 5) is 2.04. The maximum Gasteiger partial charge on any atom is 0.412 e. The van der Waals surface area contributed by atoms with Crippen molar-refractivity contribution in [1.82, 2.24) is 10.2 Å². The van der Waals surface area contributed by atoms with Crippen LogP contribution in [0.15, 0.2) is 35.9 Å². The zero-order valence-corrected chi connectivity index (χ0v) is 12.2. The molecule has 0 radical (unpaired) electrons. The summed E-state index contributed by atoms with van der Waals surface area (Å²) in [5, 5.41) is 3.26. The van der Waals surface area contributed by atoms with Crippen molar-refractivity contribution < 1.29 is 13.2 Å². The Morgan fingerprint density at radius 3 is 2.33 bits per heavy atom. The van der Waals surface area contributed by atoms with Gasteiger partial charge in [0.2, 0.25) is 0 Å². The van der Waals surface area contributed by atoms with Crippen molar-refractivity contribution in [2.45, 2.75) is 32.6 Å². The summed E-state index contributed by atoms with van der Waals surface area (Å²) < 4.78 is 37.6. The van der Waals surface area contributed by atoms with Gasteiger partial charge in [0, 0.05) is 31.8 Å². The van der Waals surface area contributed by atoms with Crippen LogP contribution in [-0.4, -0.2) is 30.7 Å². The average molecular weight is 298 g/mol. The Hall–Kier alpha value is -1.33. The molecule has 0 spiro atoms. The van der Waals surface area contributed by atoms with Crippen LogP contribution < -0.4 is 5.32 Å². The minimum absolute atomic E-state index is 0.0853. The molecule has 5 heteroatoms. The van der Waals surface area contributed by atoms with Crippen molar-refractivity contribution in [2.75, 3.05) is 19.6 Å². The van der Waals surface area contributed by atoms with E-state index in [-0.39, 0.29) is 12.0 Å². The molecule has 2 rings (SSSR count). The van der Waals surface area contributed by atoms with Crippen LogP contribution in [0.1, 0.15) is 24.5 Å². The molecule has 1 aliphatic rings. The Bertz CT molecular complexity index is 477. The van der Waals surface area contributed by atoms with Crippen molar-refractivity contribution >= 4 is 0 Å². The van der Waals surface area contributed by atoms with Gasteiger partial charge in [0.25, 0.3) is 0 Å². The third-order valence-corrected chi connectivity index (χ3v) is 3.67. The number of benzene rings is 1. The van der Waals surface area contributed by atoms with E-state index in [0.29, 0.717) is 19.6 Å². The fourth-order valence-electron chi connectivity index (χ4n) is 2.40. The maximum absolute atomic E-state index is 12.5. The Kier molecular flexibility index (Phi) is 5.42. The topological polar surface area (TPSA) is 15.3 Å². The van der Waals surface area contributed by atoms with Crippen molar-refractivity contribution in [3.8, 4) is 0 Å². The normalized spacial score (nSPS) is 16.9. The molecular weight excluding hydrogens is 277 g/mol. The number of halogens is 3. The van der Waals surface area contributed by atoms with E-state index in [9.17, 15) is 13.2 Å². The maximum atomic E-state index is 12.5. The van der Waals surface area contributed by atoms with E-state index >= 15 is 0 Å². The van der Waals surface area contributed by atoms with Gasteiger partial charge in [-0.2, -0.15) is 13.2 Å². The Morgan fingerprint density at radius 2 is 1.81 bits per heavy atom. The van der Waals surface area contributed by atoms with Gasteiger partial charge < -0.3 is 5.32 Å². The molecule has 1 aliphatic heterocycles. The predicted molar refractivity (Wildman–Crippen MR) is 77.9 cm³/mol. The van der Waals surface area contributed by atoms with E-state index < -0.39 is 6.18 Å². The van der Waals surface area contributed by atoms with Gasteiger partial charge in [-0.05, 0) is 24.1 Å². The number of nitrogens with one attached hydrogen (secondary N) is 1. The molecule has 0 saturated heterocycles. The molecule has 0 unspecified atom stereocenters. The van der Waals surface area contributed by atoms with E-state index in [2.05, 4.69) is 36.5 Å². The summed E-state index contributed by atoms with van der Waals surface area (Å²) in [6.07, 6.45) is -2.77. The first kappa shape index (κ1) is 16.0. The Balaban J connectivity index is 1.87. The lowest BCUT2D eigenvalue weighted by atomic mass is 10.1. The SMILES string of the molecule is CCNCc1ccc(CN2CC=C(C(F)(F)F)CC2)cc1. The highest BCUT2D eigenvalue weighted by molar-refractivity contribution is 5.23. The summed E-state index contributed by atoms with van der Waals surface area (Å²) in [6, 6.07) is 8.24. The van der Waals surface area contributed by atoms with Gasteiger partial charge >= 0.3 is 6.18 Å². The summed E-state index contributed by atoms with van der Waals surface area (Å²) in [7, 11) is 0. The summed E-state index contributed by atoms with van der Waals surface area (Å²) in [5.41, 5.74) is 1.97. The first-order chi connectivity index (χ1) is 9.99. The third kappa shape index (κ3) is 4.86. The molecule has 0 amide bonds. The number of hydrogen-bond acceptors (Lipinski definition) is 2. The molecule has 1 aromatic rings. The lowest BCUT2D eigenvalue weighted by Gasteiger charge is -2.27. The highest BCUT2D eigenvalue weighted by Gasteiger charge is 2.34. The van der Waals surface area contributed by atoms with Gasteiger partial charge in [0.05, 0.1) is 0 Å². The first-order valence-electron chi connectivity index (χ1n) is 7.26. The molecule has 0 saturated carbocycles. The van der Waals surface area contributed by atoms with Gasteiger partial charge in [-0.25, -0.2) is 0 Å². The second kappa shape index (κ2) is 7.09. The van der Waals surface area contributed by atoms with Gasteiger partial charge in [0.15, 0.2) is 0 Å². The van der Waals surface area contributed by atoms with Crippen LogP contribution in [0.4, 0.5) is 13.2 Å². The number of rotatable bonds is 5. The van der Waals surface area contributed by atoms with Crippen molar-refractivity contribution in [2.24, 2.45) is 0 Å². The van der Waals surface area contributed by atoms with Crippen molar-refractivity contribution in [3.63, 3.8) is 0 Å². The second-order valence-electron chi connectivity index (χ2n) is 5.31. The average Bonchev–Trinajstić information content (AvgIpc) is 2.46. The van der Waals surface area contributed by atoms with E-state index in [0.717, 1.165) is 18.7 Å². The van der Waals surface area contributed by atoms with E-state index in [1.54, 1.807) is 0 Å². The van der Waals surface area contributed by atoms with Crippen LogP contribution >= 0.6 is 0 Å². The summed E-state index contributed by atoms with van der Waals surface area (Å²) >= 11 is 0. The van der Waals surface area contributed by atoms with Crippen LogP contribution in [0.25, 0.3) is 0 Å². The first-order valence-corrected chi connectivity index (χ1v) is 7.26. The largest absolute Gasteiger partial charge is 0.412 e. The number of nitrogens with zero attached hydrogens (tertiary/aromatic N) is 1. The fourth-order valence-corrected chi connectivity index (χ4v) is 2.40. The zero-order valence-electron chi connectivity index (χ0n) is 12.2. The smallest absolute Gasteiger partial charge is 0.313 e. The highest BCUT2D eigenvalue weighted by atomic mass is 19.4. The molecule has 1 N–H and O–H groups in total. The van der Waals surface area contributed by atoms with Crippen LogP contribution in [0.2, 0.25) is 0 Å². The molecule has 0 aliphatic carbocycles. The quantitative estimate of drug-likeness (QED) is 0.837. The fraction of sp³-hybridized carbons (Fsp3) is 0.500. The zero-order chi connectivity index (χ0) is 15.3. The predicted octanol–water partition coefficient (Wildman–Crippen LogP) is 3.49. The Labute approximate surface area is 123 Å². The molecule has 0 fully saturated rings. The van der Waals surface area contributed by atoms with E-state index in [1.165, 1.54) is 11.6 Å². The van der Waals surface area contributed by atoms with Crippen LogP contribution in [0, 0.1) is 0 Å². The molecule has 0 aromatic heterocycles. The van der Waals surface area contributed by atoms with Crippen molar-refractivity contribution in [3.05, 3.63) is 47.0 Å². The third-order valence-electron chi connectivity index (χ3n) is 3.67. The molecule has 21 heavy (non-hydrogen) atoms. The van der Waals surface area contributed by atoms with E-state index in [1.807, 2.05) is 4.90 Å². The molecule has 2 nitrogen and oxygen atoms in total. The lowest BCUT2D eigenvalue weighted by molar-refractivity contribution is -0.0960. The second-order valence-corrected chi connectivity index (χ2v) is 5.31. The van der Waals surface area contributed by atoms with Gasteiger partial charge in [-0.1, -0.05) is 37.3 Å². The molecule has 1 heterocycles. The number of alkyl halides is 3. The van der Waals surface area contributed by atoms with Crippen LogP contribution in [-0.2, 0) is 13.1 Å². The highest BCUT2D eigenvalue weighted by Crippen LogP contribution is 2.30. The monoisotopic (exact) mass is 298 g/mol. The number of hydrogen-bond donors (Lipinski definition) is 1.